The molecule has 5 rings (SSSR count). The molecule has 0 N–H and O–H groups in total. The van der Waals surface area contributed by atoms with Crippen LogP contribution in [0.15, 0.2) is 36.4 Å². The summed E-state index contributed by atoms with van der Waals surface area (Å²) in [5.41, 5.74) is 1.02. The van der Waals surface area contributed by atoms with Crippen molar-refractivity contribution in [3.8, 4) is 0 Å². The van der Waals surface area contributed by atoms with Crippen LogP contribution in [0.4, 0.5) is 0 Å². The first-order valence-electron chi connectivity index (χ1n) is 8.62. The Balaban J connectivity index is 1.36. The third kappa shape index (κ3) is 2.60. The zero-order valence-electron chi connectivity index (χ0n) is 13.0. The molecule has 4 aliphatic rings. The van der Waals surface area contributed by atoms with E-state index in [-0.39, 0.29) is 11.4 Å². The summed E-state index contributed by atoms with van der Waals surface area (Å²) in [5, 5.41) is 0. The molecule has 0 saturated heterocycles. The van der Waals surface area contributed by atoms with Crippen LogP contribution in [0.1, 0.15) is 44.1 Å². The molecule has 4 fully saturated rings. The molecule has 1 aromatic carbocycles. The lowest BCUT2D eigenvalue weighted by Gasteiger charge is -2.55. The van der Waals surface area contributed by atoms with Gasteiger partial charge in [0.25, 0.3) is 0 Å². The summed E-state index contributed by atoms with van der Waals surface area (Å²) in [6.45, 7) is 0.398. The molecule has 4 aliphatic carbocycles. The number of rotatable bonds is 4. The Morgan fingerprint density at radius 3 is 2.23 bits per heavy atom. The van der Waals surface area contributed by atoms with Gasteiger partial charge in [-0.25, -0.2) is 0 Å². The number of carbonyl (C=O) groups is 1. The lowest BCUT2D eigenvalue weighted by molar-refractivity contribution is -0.170. The zero-order chi connectivity index (χ0) is 15.0. The maximum Gasteiger partial charge on any atom is 0.312 e. The predicted molar refractivity (Wildman–Crippen MR) is 87.0 cm³/mol. The quantitative estimate of drug-likeness (QED) is 0.767. The Bertz CT molecular complexity index is 537. The first-order chi connectivity index (χ1) is 10.7. The highest BCUT2D eigenvalue weighted by atomic mass is 16.5. The van der Waals surface area contributed by atoms with Gasteiger partial charge in [0.2, 0.25) is 0 Å². The van der Waals surface area contributed by atoms with Gasteiger partial charge in [0.1, 0.15) is 6.61 Å². The molecule has 0 amide bonds. The Morgan fingerprint density at radius 1 is 1.05 bits per heavy atom. The lowest BCUT2D eigenvalue weighted by atomic mass is 9.49. The molecule has 0 atom stereocenters. The molecule has 2 nitrogen and oxygen atoms in total. The van der Waals surface area contributed by atoms with Gasteiger partial charge < -0.3 is 4.74 Å². The first kappa shape index (κ1) is 14.0. The topological polar surface area (TPSA) is 26.3 Å². The third-order valence-corrected chi connectivity index (χ3v) is 5.89. The Hall–Kier alpha value is -1.57. The summed E-state index contributed by atoms with van der Waals surface area (Å²) in [6.07, 6.45) is 11.3. The SMILES string of the molecule is O=C(OC/C=C/c1ccccc1)C12CC3CC(CC(C3)C1)C2. The summed E-state index contributed by atoms with van der Waals surface area (Å²) in [6, 6.07) is 10.1. The minimum absolute atomic E-state index is 0.0734. The highest BCUT2D eigenvalue weighted by Crippen LogP contribution is 2.60. The van der Waals surface area contributed by atoms with Gasteiger partial charge in [-0.1, -0.05) is 36.4 Å². The number of ether oxygens (including phenoxy) is 1. The van der Waals surface area contributed by atoms with Crippen molar-refractivity contribution in [3.05, 3.63) is 42.0 Å². The van der Waals surface area contributed by atoms with E-state index in [1.807, 2.05) is 30.4 Å². The molecule has 0 spiro atoms. The van der Waals surface area contributed by atoms with Gasteiger partial charge in [-0.2, -0.15) is 0 Å². The van der Waals surface area contributed by atoms with Gasteiger partial charge in [-0.05, 0) is 67.9 Å². The molecular weight excluding hydrogens is 272 g/mol. The maximum absolute atomic E-state index is 12.7. The lowest BCUT2D eigenvalue weighted by Crippen LogP contribution is -2.50. The van der Waals surface area contributed by atoms with Crippen LogP contribution in [-0.2, 0) is 9.53 Å². The third-order valence-electron chi connectivity index (χ3n) is 5.89. The van der Waals surface area contributed by atoms with Crippen LogP contribution in [0.2, 0.25) is 0 Å². The monoisotopic (exact) mass is 296 g/mol. The minimum atomic E-state index is -0.130. The molecule has 0 aliphatic heterocycles. The second kappa shape index (κ2) is 5.57. The second-order valence-electron chi connectivity index (χ2n) is 7.61. The summed E-state index contributed by atoms with van der Waals surface area (Å²) in [7, 11) is 0. The van der Waals surface area contributed by atoms with Gasteiger partial charge in [-0.15, -0.1) is 0 Å². The van der Waals surface area contributed by atoms with E-state index in [9.17, 15) is 4.79 Å². The normalized spacial score (nSPS) is 35.9. The Morgan fingerprint density at radius 2 is 1.64 bits per heavy atom. The fourth-order valence-electron chi connectivity index (χ4n) is 5.39. The van der Waals surface area contributed by atoms with E-state index in [0.29, 0.717) is 6.61 Å². The van der Waals surface area contributed by atoms with Crippen molar-refractivity contribution in [2.24, 2.45) is 23.2 Å². The van der Waals surface area contributed by atoms with E-state index in [2.05, 4.69) is 12.1 Å². The maximum atomic E-state index is 12.7. The number of carbonyl (C=O) groups excluding carboxylic acids is 1. The summed E-state index contributed by atoms with van der Waals surface area (Å²) in [5.74, 6) is 2.44. The van der Waals surface area contributed by atoms with Crippen LogP contribution in [-0.4, -0.2) is 12.6 Å². The number of hydrogen-bond acceptors (Lipinski definition) is 2. The molecule has 4 bridgehead atoms. The van der Waals surface area contributed by atoms with Gasteiger partial charge in [0, 0.05) is 0 Å². The van der Waals surface area contributed by atoms with Crippen molar-refractivity contribution in [1.29, 1.82) is 0 Å². The smallest absolute Gasteiger partial charge is 0.312 e. The van der Waals surface area contributed by atoms with Gasteiger partial charge >= 0.3 is 5.97 Å². The van der Waals surface area contributed by atoms with Crippen molar-refractivity contribution in [1.82, 2.24) is 0 Å². The molecule has 116 valence electrons. The zero-order valence-corrected chi connectivity index (χ0v) is 13.0. The molecular formula is C20H24O2. The fourth-order valence-corrected chi connectivity index (χ4v) is 5.39. The fraction of sp³-hybridized carbons (Fsp3) is 0.550. The molecule has 22 heavy (non-hydrogen) atoms. The highest BCUT2D eigenvalue weighted by Gasteiger charge is 2.55. The minimum Gasteiger partial charge on any atom is -0.461 e. The van der Waals surface area contributed by atoms with Crippen LogP contribution in [0.5, 0.6) is 0 Å². The van der Waals surface area contributed by atoms with Gasteiger partial charge in [-0.3, -0.25) is 4.79 Å². The van der Waals surface area contributed by atoms with Crippen molar-refractivity contribution >= 4 is 12.0 Å². The second-order valence-corrected chi connectivity index (χ2v) is 7.61. The molecule has 2 heteroatoms. The van der Waals surface area contributed by atoms with Crippen LogP contribution in [0, 0.1) is 23.2 Å². The van der Waals surface area contributed by atoms with Gasteiger partial charge in [0.05, 0.1) is 5.41 Å². The molecule has 1 aromatic rings. The van der Waals surface area contributed by atoms with Crippen LogP contribution < -0.4 is 0 Å². The molecule has 0 radical (unpaired) electrons. The highest BCUT2D eigenvalue weighted by molar-refractivity contribution is 5.77. The summed E-state index contributed by atoms with van der Waals surface area (Å²) < 4.78 is 5.62. The Kier molecular flexibility index (Phi) is 3.56. The van der Waals surface area contributed by atoms with Crippen molar-refractivity contribution in [2.45, 2.75) is 38.5 Å². The molecule has 0 heterocycles. The summed E-state index contributed by atoms with van der Waals surface area (Å²) in [4.78, 5) is 12.7. The average molecular weight is 296 g/mol. The van der Waals surface area contributed by atoms with E-state index in [1.54, 1.807) is 0 Å². The standard InChI is InChI=1S/C20H24O2/c21-19(22-8-4-7-15-5-2-1-3-6-15)20-12-16-9-17(13-20)11-18(10-16)14-20/h1-7,16-18H,8-14H2/b7-4+. The van der Waals surface area contributed by atoms with Crippen LogP contribution in [0.25, 0.3) is 6.08 Å². The van der Waals surface area contributed by atoms with E-state index in [0.717, 1.165) is 42.6 Å². The number of hydrogen-bond donors (Lipinski definition) is 0. The van der Waals surface area contributed by atoms with Crippen LogP contribution >= 0.6 is 0 Å². The van der Waals surface area contributed by atoms with E-state index in [4.69, 9.17) is 4.74 Å². The largest absolute Gasteiger partial charge is 0.461 e. The first-order valence-corrected chi connectivity index (χ1v) is 8.62. The van der Waals surface area contributed by atoms with E-state index in [1.165, 1.54) is 19.3 Å². The number of benzene rings is 1. The van der Waals surface area contributed by atoms with E-state index < -0.39 is 0 Å². The Labute approximate surface area is 132 Å². The van der Waals surface area contributed by atoms with Crippen molar-refractivity contribution < 1.29 is 9.53 Å². The molecule has 0 aromatic heterocycles. The molecule has 0 unspecified atom stereocenters. The average Bonchev–Trinajstić information content (AvgIpc) is 2.51. The summed E-state index contributed by atoms with van der Waals surface area (Å²) >= 11 is 0. The van der Waals surface area contributed by atoms with E-state index >= 15 is 0 Å². The number of esters is 1. The predicted octanol–water partition coefficient (Wildman–Crippen LogP) is 4.46. The van der Waals surface area contributed by atoms with Crippen molar-refractivity contribution in [3.63, 3.8) is 0 Å². The van der Waals surface area contributed by atoms with Crippen molar-refractivity contribution in [2.75, 3.05) is 6.61 Å². The van der Waals surface area contributed by atoms with Gasteiger partial charge in [0.15, 0.2) is 0 Å². The molecule has 4 saturated carbocycles. The van der Waals surface area contributed by atoms with Crippen LogP contribution in [0.3, 0.4) is 0 Å².